The van der Waals surface area contributed by atoms with E-state index in [1.807, 2.05) is 6.92 Å². The summed E-state index contributed by atoms with van der Waals surface area (Å²) in [6.45, 7) is 2.71. The van der Waals surface area contributed by atoms with E-state index in [1.54, 1.807) is 13.2 Å². The maximum atomic E-state index is 12.1. The van der Waals surface area contributed by atoms with Crippen molar-refractivity contribution in [2.45, 2.75) is 25.4 Å². The Morgan fingerprint density at radius 3 is 2.84 bits per heavy atom. The number of rotatable bonds is 4. The number of aryl methyl sites for hydroxylation is 1. The monoisotopic (exact) mass is 266 g/mol. The smallest absolute Gasteiger partial charge is 0.331 e. The molecule has 3 atom stereocenters. The second-order valence-electron chi connectivity index (χ2n) is 4.87. The molecule has 1 saturated heterocycles. The van der Waals surface area contributed by atoms with Crippen molar-refractivity contribution < 1.29 is 14.7 Å². The Hall–Kier alpha value is -1.89. The van der Waals surface area contributed by atoms with E-state index >= 15 is 0 Å². The van der Waals surface area contributed by atoms with Crippen LogP contribution in [0.3, 0.4) is 0 Å². The summed E-state index contributed by atoms with van der Waals surface area (Å²) in [6.07, 6.45) is 3.77. The zero-order chi connectivity index (χ0) is 14.0. The molecule has 0 bridgehead atoms. The Balaban J connectivity index is 2.09. The summed E-state index contributed by atoms with van der Waals surface area (Å²) in [5.74, 6) is -1.49. The van der Waals surface area contributed by atoms with Crippen molar-refractivity contribution in [3.63, 3.8) is 0 Å². The molecule has 0 spiro atoms. The number of carboxylic acid groups (broad SMARTS) is 1. The van der Waals surface area contributed by atoms with Gasteiger partial charge in [0, 0.05) is 24.8 Å². The molecule has 1 amide bonds. The molecular formula is C12H18N4O3. The lowest BCUT2D eigenvalue weighted by Gasteiger charge is -2.18. The SMILES string of the molecule is CC1NCCC1C(=O)NC(C(=O)O)c1cnn(C)c1. The van der Waals surface area contributed by atoms with Gasteiger partial charge in [0.25, 0.3) is 0 Å². The predicted molar refractivity (Wildman–Crippen MR) is 67.3 cm³/mol. The maximum absolute atomic E-state index is 12.1. The first-order valence-corrected chi connectivity index (χ1v) is 6.24. The summed E-state index contributed by atoms with van der Waals surface area (Å²) < 4.78 is 1.51. The van der Waals surface area contributed by atoms with Gasteiger partial charge in [0.2, 0.25) is 5.91 Å². The van der Waals surface area contributed by atoms with Crippen molar-refractivity contribution in [1.29, 1.82) is 0 Å². The molecular weight excluding hydrogens is 248 g/mol. The van der Waals surface area contributed by atoms with Crippen LogP contribution in [-0.4, -0.2) is 39.4 Å². The van der Waals surface area contributed by atoms with Crippen molar-refractivity contribution in [3.8, 4) is 0 Å². The largest absolute Gasteiger partial charge is 0.479 e. The summed E-state index contributed by atoms with van der Waals surface area (Å²) in [4.78, 5) is 23.4. The Morgan fingerprint density at radius 1 is 1.63 bits per heavy atom. The van der Waals surface area contributed by atoms with Crippen molar-refractivity contribution in [3.05, 3.63) is 18.0 Å². The average molecular weight is 266 g/mol. The molecule has 7 heteroatoms. The quantitative estimate of drug-likeness (QED) is 0.693. The fraction of sp³-hybridized carbons (Fsp3) is 0.583. The first-order valence-electron chi connectivity index (χ1n) is 6.24. The van der Waals surface area contributed by atoms with Crippen LogP contribution in [0.4, 0.5) is 0 Å². The molecule has 19 heavy (non-hydrogen) atoms. The molecule has 7 nitrogen and oxygen atoms in total. The van der Waals surface area contributed by atoms with E-state index < -0.39 is 12.0 Å². The highest BCUT2D eigenvalue weighted by Crippen LogP contribution is 2.18. The second kappa shape index (κ2) is 5.40. The van der Waals surface area contributed by atoms with Crippen molar-refractivity contribution in [2.75, 3.05) is 6.54 Å². The van der Waals surface area contributed by atoms with Crippen LogP contribution in [0.2, 0.25) is 0 Å². The van der Waals surface area contributed by atoms with Crippen LogP contribution in [0.5, 0.6) is 0 Å². The Bertz CT molecular complexity index is 485. The standard InChI is InChI=1S/C12H18N4O3/c1-7-9(3-4-13-7)11(17)15-10(12(18)19)8-5-14-16(2)6-8/h5-7,9-10,13H,3-4H2,1-2H3,(H,15,17)(H,18,19). The molecule has 0 aliphatic carbocycles. The third-order valence-electron chi connectivity index (χ3n) is 3.45. The summed E-state index contributed by atoms with van der Waals surface area (Å²) in [5.41, 5.74) is 0.474. The molecule has 3 N–H and O–H groups in total. The van der Waals surface area contributed by atoms with Gasteiger partial charge < -0.3 is 15.7 Å². The minimum atomic E-state index is -1.08. The van der Waals surface area contributed by atoms with E-state index in [0.29, 0.717) is 5.56 Å². The van der Waals surface area contributed by atoms with Crippen LogP contribution in [0.1, 0.15) is 24.9 Å². The fourth-order valence-electron chi connectivity index (χ4n) is 2.34. The molecule has 0 saturated carbocycles. The van der Waals surface area contributed by atoms with E-state index in [4.69, 9.17) is 0 Å². The van der Waals surface area contributed by atoms with Crippen LogP contribution in [-0.2, 0) is 16.6 Å². The number of amides is 1. The van der Waals surface area contributed by atoms with E-state index in [9.17, 15) is 14.7 Å². The van der Waals surface area contributed by atoms with Gasteiger partial charge in [-0.2, -0.15) is 5.10 Å². The summed E-state index contributed by atoms with van der Waals surface area (Å²) >= 11 is 0. The lowest BCUT2D eigenvalue weighted by atomic mass is 10.00. The van der Waals surface area contributed by atoms with Crippen LogP contribution in [0, 0.1) is 5.92 Å². The van der Waals surface area contributed by atoms with Gasteiger partial charge in [-0.3, -0.25) is 9.48 Å². The number of nitrogens with zero attached hydrogens (tertiary/aromatic N) is 2. The summed E-state index contributed by atoms with van der Waals surface area (Å²) in [7, 11) is 1.70. The topological polar surface area (TPSA) is 96.2 Å². The molecule has 3 unspecified atom stereocenters. The van der Waals surface area contributed by atoms with Gasteiger partial charge in [-0.15, -0.1) is 0 Å². The van der Waals surface area contributed by atoms with Gasteiger partial charge in [0.1, 0.15) is 0 Å². The van der Waals surface area contributed by atoms with Crippen LogP contribution >= 0.6 is 0 Å². The van der Waals surface area contributed by atoms with E-state index in [0.717, 1.165) is 13.0 Å². The number of hydrogen-bond donors (Lipinski definition) is 3. The molecule has 0 aromatic carbocycles. The average Bonchev–Trinajstić information content (AvgIpc) is 2.94. The Labute approximate surface area is 111 Å². The Morgan fingerprint density at radius 2 is 2.37 bits per heavy atom. The zero-order valence-corrected chi connectivity index (χ0v) is 11.0. The van der Waals surface area contributed by atoms with Crippen molar-refractivity contribution in [2.24, 2.45) is 13.0 Å². The molecule has 1 fully saturated rings. The number of carbonyl (C=O) groups excluding carboxylic acids is 1. The lowest BCUT2D eigenvalue weighted by molar-refractivity contribution is -0.142. The normalized spacial score (nSPS) is 24.1. The number of aliphatic carboxylic acids is 1. The van der Waals surface area contributed by atoms with Crippen molar-refractivity contribution >= 4 is 11.9 Å². The predicted octanol–water partition coefficient (Wildman–Crippen LogP) is -0.340. The van der Waals surface area contributed by atoms with Gasteiger partial charge >= 0.3 is 5.97 Å². The number of hydrogen-bond acceptors (Lipinski definition) is 4. The van der Waals surface area contributed by atoms with Gasteiger partial charge in [-0.25, -0.2) is 4.79 Å². The van der Waals surface area contributed by atoms with E-state index in [1.165, 1.54) is 10.9 Å². The zero-order valence-electron chi connectivity index (χ0n) is 11.0. The molecule has 0 radical (unpaired) electrons. The van der Waals surface area contributed by atoms with Gasteiger partial charge in [0.15, 0.2) is 6.04 Å². The van der Waals surface area contributed by atoms with Gasteiger partial charge in [-0.05, 0) is 19.9 Å². The highest BCUT2D eigenvalue weighted by atomic mass is 16.4. The number of nitrogens with one attached hydrogen (secondary N) is 2. The highest BCUT2D eigenvalue weighted by molar-refractivity contribution is 5.86. The van der Waals surface area contributed by atoms with E-state index in [2.05, 4.69) is 15.7 Å². The number of carboxylic acids is 1. The fourth-order valence-corrected chi connectivity index (χ4v) is 2.34. The first-order chi connectivity index (χ1) is 8.99. The molecule has 1 aliphatic heterocycles. The lowest BCUT2D eigenvalue weighted by Crippen LogP contribution is -2.41. The van der Waals surface area contributed by atoms with E-state index in [-0.39, 0.29) is 17.9 Å². The molecule has 1 aromatic rings. The number of aromatic nitrogens is 2. The third kappa shape index (κ3) is 2.93. The van der Waals surface area contributed by atoms with Gasteiger partial charge in [-0.1, -0.05) is 0 Å². The maximum Gasteiger partial charge on any atom is 0.331 e. The van der Waals surface area contributed by atoms with Crippen molar-refractivity contribution in [1.82, 2.24) is 20.4 Å². The minimum Gasteiger partial charge on any atom is -0.479 e. The van der Waals surface area contributed by atoms with Crippen LogP contribution in [0.15, 0.2) is 12.4 Å². The minimum absolute atomic E-state index is 0.0725. The third-order valence-corrected chi connectivity index (χ3v) is 3.45. The first kappa shape index (κ1) is 13.5. The Kier molecular flexibility index (Phi) is 3.84. The van der Waals surface area contributed by atoms with Gasteiger partial charge in [0.05, 0.1) is 12.1 Å². The highest BCUT2D eigenvalue weighted by Gasteiger charge is 2.32. The van der Waals surface area contributed by atoms with Crippen LogP contribution in [0.25, 0.3) is 0 Å². The summed E-state index contributed by atoms with van der Waals surface area (Å²) in [6, 6.07) is -0.975. The second-order valence-corrected chi connectivity index (χ2v) is 4.87. The molecule has 104 valence electrons. The molecule has 1 aliphatic rings. The molecule has 2 rings (SSSR count). The molecule has 1 aromatic heterocycles. The van der Waals surface area contributed by atoms with Crippen LogP contribution < -0.4 is 10.6 Å². The summed E-state index contributed by atoms with van der Waals surface area (Å²) in [5, 5.41) is 18.9. The number of carbonyl (C=O) groups is 2. The molecule has 2 heterocycles.